The molecule has 1 aliphatic rings. The SMILES string of the molecule is O=C(c1ccc(NOc2cccc3cccnc23)cc1)N1CCC(O)(c2cccc(Cl)c2)CC1. The zero-order valence-electron chi connectivity index (χ0n) is 18.4. The molecule has 1 fully saturated rings. The van der Waals surface area contributed by atoms with Gasteiger partial charge in [-0.05, 0) is 66.9 Å². The minimum Gasteiger partial charge on any atom is -0.385 e. The molecule has 1 aromatic heterocycles. The second kappa shape index (κ2) is 9.33. The lowest BCUT2D eigenvalue weighted by Gasteiger charge is -2.38. The molecule has 5 rings (SSSR count). The Kier molecular flexibility index (Phi) is 6.09. The Bertz CT molecular complexity index is 1310. The lowest BCUT2D eigenvalue weighted by atomic mass is 9.84. The number of benzene rings is 3. The van der Waals surface area contributed by atoms with E-state index in [9.17, 15) is 9.90 Å². The van der Waals surface area contributed by atoms with Gasteiger partial charge in [-0.25, -0.2) is 5.48 Å². The molecular formula is C27H24ClN3O3. The van der Waals surface area contributed by atoms with Gasteiger partial charge in [-0.2, -0.15) is 0 Å². The zero-order valence-corrected chi connectivity index (χ0v) is 19.2. The van der Waals surface area contributed by atoms with Gasteiger partial charge in [-0.15, -0.1) is 0 Å². The number of rotatable bonds is 5. The van der Waals surface area contributed by atoms with E-state index in [4.69, 9.17) is 16.4 Å². The van der Waals surface area contributed by atoms with Crippen LogP contribution in [0.2, 0.25) is 5.02 Å². The van der Waals surface area contributed by atoms with Crippen LogP contribution in [0.15, 0.2) is 85.1 Å². The van der Waals surface area contributed by atoms with Crippen LogP contribution in [0.4, 0.5) is 5.69 Å². The Hall–Kier alpha value is -3.61. The van der Waals surface area contributed by atoms with Crippen LogP contribution in [0.25, 0.3) is 10.9 Å². The Morgan fingerprint density at radius 3 is 2.50 bits per heavy atom. The highest BCUT2D eigenvalue weighted by Crippen LogP contribution is 2.34. The van der Waals surface area contributed by atoms with Crippen molar-refractivity contribution in [2.75, 3.05) is 18.6 Å². The third-order valence-corrected chi connectivity index (χ3v) is 6.48. The van der Waals surface area contributed by atoms with Crippen molar-refractivity contribution in [3.05, 3.63) is 101 Å². The molecule has 1 aliphatic heterocycles. The Labute approximate surface area is 202 Å². The van der Waals surface area contributed by atoms with E-state index < -0.39 is 5.60 Å². The van der Waals surface area contributed by atoms with Crippen LogP contribution in [0.1, 0.15) is 28.8 Å². The molecule has 34 heavy (non-hydrogen) atoms. The summed E-state index contributed by atoms with van der Waals surface area (Å²) >= 11 is 6.09. The molecule has 2 N–H and O–H groups in total. The summed E-state index contributed by atoms with van der Waals surface area (Å²) in [6.45, 7) is 0.943. The molecule has 7 heteroatoms. The third-order valence-electron chi connectivity index (χ3n) is 6.25. The number of nitrogens with zero attached hydrogens (tertiary/aromatic N) is 2. The van der Waals surface area contributed by atoms with Gasteiger partial charge in [-0.1, -0.05) is 41.9 Å². The lowest BCUT2D eigenvalue weighted by molar-refractivity contribution is -0.0211. The summed E-state index contributed by atoms with van der Waals surface area (Å²) in [4.78, 5) is 24.9. The average molecular weight is 474 g/mol. The van der Waals surface area contributed by atoms with E-state index in [-0.39, 0.29) is 5.91 Å². The summed E-state index contributed by atoms with van der Waals surface area (Å²) in [5.74, 6) is 0.567. The second-order valence-electron chi connectivity index (χ2n) is 8.45. The number of hydrogen-bond donors (Lipinski definition) is 2. The number of amides is 1. The molecule has 3 aromatic carbocycles. The fourth-order valence-electron chi connectivity index (χ4n) is 4.28. The molecular weight excluding hydrogens is 450 g/mol. The minimum atomic E-state index is -0.969. The summed E-state index contributed by atoms with van der Waals surface area (Å²) in [7, 11) is 0. The highest BCUT2D eigenvalue weighted by molar-refractivity contribution is 6.30. The molecule has 6 nitrogen and oxygen atoms in total. The van der Waals surface area contributed by atoms with Crippen molar-refractivity contribution < 1.29 is 14.7 Å². The number of likely N-dealkylation sites (tertiary alicyclic amines) is 1. The number of halogens is 1. The van der Waals surface area contributed by atoms with E-state index in [1.54, 1.807) is 47.5 Å². The summed E-state index contributed by atoms with van der Waals surface area (Å²) in [6.07, 6.45) is 2.66. The van der Waals surface area contributed by atoms with Gasteiger partial charge >= 0.3 is 0 Å². The van der Waals surface area contributed by atoms with E-state index in [1.807, 2.05) is 42.5 Å². The summed E-state index contributed by atoms with van der Waals surface area (Å²) in [6, 6.07) is 24.0. The second-order valence-corrected chi connectivity index (χ2v) is 8.88. The molecule has 4 aromatic rings. The Morgan fingerprint density at radius 2 is 1.74 bits per heavy atom. The zero-order chi connectivity index (χ0) is 23.5. The van der Waals surface area contributed by atoms with Crippen LogP contribution in [0.3, 0.4) is 0 Å². The van der Waals surface area contributed by atoms with Crippen LogP contribution < -0.4 is 10.3 Å². The number of aromatic nitrogens is 1. The molecule has 0 aliphatic carbocycles. The summed E-state index contributed by atoms with van der Waals surface area (Å²) in [5.41, 5.74) is 4.83. The number of hydrogen-bond acceptors (Lipinski definition) is 5. The summed E-state index contributed by atoms with van der Waals surface area (Å²) < 4.78 is 0. The number of nitrogens with one attached hydrogen (secondary N) is 1. The smallest absolute Gasteiger partial charge is 0.253 e. The van der Waals surface area contributed by atoms with Gasteiger partial charge in [0, 0.05) is 35.3 Å². The Balaban J connectivity index is 1.20. The number of carbonyl (C=O) groups is 1. The first-order valence-corrected chi connectivity index (χ1v) is 11.5. The average Bonchev–Trinajstić information content (AvgIpc) is 2.88. The van der Waals surface area contributed by atoms with E-state index >= 15 is 0 Å². The number of carbonyl (C=O) groups excluding carboxylic acids is 1. The van der Waals surface area contributed by atoms with E-state index in [0.717, 1.165) is 22.2 Å². The first-order valence-electron chi connectivity index (χ1n) is 11.2. The maximum Gasteiger partial charge on any atom is 0.253 e. The maximum absolute atomic E-state index is 13.0. The van der Waals surface area contributed by atoms with Gasteiger partial charge in [0.25, 0.3) is 5.91 Å². The predicted octanol–water partition coefficient (Wildman–Crippen LogP) is 5.42. The quantitative estimate of drug-likeness (QED) is 0.379. The maximum atomic E-state index is 13.0. The van der Waals surface area contributed by atoms with Crippen molar-refractivity contribution >= 4 is 34.1 Å². The van der Waals surface area contributed by atoms with Gasteiger partial charge < -0.3 is 14.8 Å². The van der Waals surface area contributed by atoms with Crippen molar-refractivity contribution in [3.63, 3.8) is 0 Å². The molecule has 0 radical (unpaired) electrons. The molecule has 0 spiro atoms. The predicted molar refractivity (Wildman–Crippen MR) is 133 cm³/mol. The fraction of sp³-hybridized carbons (Fsp3) is 0.185. The first kappa shape index (κ1) is 22.2. The number of fused-ring (bicyclic) bond motifs is 1. The molecule has 0 atom stereocenters. The van der Waals surface area contributed by atoms with E-state index in [2.05, 4.69) is 10.5 Å². The Morgan fingerprint density at radius 1 is 1.00 bits per heavy atom. The van der Waals surface area contributed by atoms with Crippen molar-refractivity contribution in [2.45, 2.75) is 18.4 Å². The molecule has 1 saturated heterocycles. The van der Waals surface area contributed by atoms with Crippen LogP contribution in [-0.2, 0) is 5.60 Å². The van der Waals surface area contributed by atoms with Crippen molar-refractivity contribution in [1.82, 2.24) is 9.88 Å². The van der Waals surface area contributed by atoms with Gasteiger partial charge in [0.15, 0.2) is 5.75 Å². The molecule has 172 valence electrons. The van der Waals surface area contributed by atoms with Gasteiger partial charge in [0.2, 0.25) is 0 Å². The molecule has 0 unspecified atom stereocenters. The van der Waals surface area contributed by atoms with E-state index in [1.165, 1.54) is 0 Å². The van der Waals surface area contributed by atoms with Crippen LogP contribution in [0, 0.1) is 0 Å². The van der Waals surface area contributed by atoms with Gasteiger partial charge in [0.05, 0.1) is 11.3 Å². The largest absolute Gasteiger partial charge is 0.385 e. The number of pyridine rings is 1. The number of piperidine rings is 1. The highest BCUT2D eigenvalue weighted by atomic mass is 35.5. The number of aliphatic hydroxyl groups is 1. The normalized spacial score (nSPS) is 15.2. The molecule has 1 amide bonds. The van der Waals surface area contributed by atoms with Gasteiger partial charge in [0.1, 0.15) is 5.52 Å². The third kappa shape index (κ3) is 4.55. The fourth-order valence-corrected chi connectivity index (χ4v) is 4.47. The summed E-state index contributed by atoms with van der Waals surface area (Å²) in [5, 5.41) is 12.7. The minimum absolute atomic E-state index is 0.0566. The molecule has 2 heterocycles. The van der Waals surface area contributed by atoms with Crippen LogP contribution in [-0.4, -0.2) is 34.0 Å². The van der Waals surface area contributed by atoms with Crippen molar-refractivity contribution in [1.29, 1.82) is 0 Å². The van der Waals surface area contributed by atoms with Crippen molar-refractivity contribution in [2.24, 2.45) is 0 Å². The van der Waals surface area contributed by atoms with Gasteiger partial charge in [-0.3, -0.25) is 9.78 Å². The molecule has 0 bridgehead atoms. The lowest BCUT2D eigenvalue weighted by Crippen LogP contribution is -2.45. The monoisotopic (exact) mass is 473 g/mol. The van der Waals surface area contributed by atoms with Crippen LogP contribution >= 0.6 is 11.6 Å². The van der Waals surface area contributed by atoms with E-state index in [0.29, 0.717) is 42.3 Å². The highest BCUT2D eigenvalue weighted by Gasteiger charge is 2.35. The standard InChI is InChI=1S/C27H24ClN3O3/c28-22-7-2-6-21(18-22)27(33)13-16-31(17-14-27)26(32)20-9-11-23(12-10-20)30-34-24-8-1-4-19-5-3-15-29-25(19)24/h1-12,15,18,30,33H,13-14,16-17H2. The number of anilines is 1. The first-order chi connectivity index (χ1) is 16.5. The van der Waals surface area contributed by atoms with Crippen molar-refractivity contribution in [3.8, 4) is 5.75 Å². The molecule has 0 saturated carbocycles. The van der Waals surface area contributed by atoms with Crippen LogP contribution in [0.5, 0.6) is 5.75 Å². The topological polar surface area (TPSA) is 74.7 Å². The number of para-hydroxylation sites is 1.